The van der Waals surface area contributed by atoms with Crippen LogP contribution in [0.1, 0.15) is 24.1 Å². The molecule has 0 spiro atoms. The topological polar surface area (TPSA) is 63.2 Å². The van der Waals surface area contributed by atoms with E-state index in [0.29, 0.717) is 17.0 Å². The molecular weight excluding hydrogens is 316 g/mol. The summed E-state index contributed by atoms with van der Waals surface area (Å²) in [6, 6.07) is 7.93. The molecule has 1 aromatic carbocycles. The van der Waals surface area contributed by atoms with Crippen molar-refractivity contribution in [1.82, 2.24) is 10.3 Å². The minimum atomic E-state index is -2.55. The molecule has 0 bridgehead atoms. The number of nitrogens with one attached hydrogen (secondary N) is 2. The van der Waals surface area contributed by atoms with E-state index in [2.05, 4.69) is 15.6 Å². The Morgan fingerprint density at radius 3 is 2.62 bits per heavy atom. The van der Waals surface area contributed by atoms with Gasteiger partial charge in [-0.15, -0.1) is 0 Å². The van der Waals surface area contributed by atoms with Crippen LogP contribution in [0.2, 0.25) is 0 Å². The van der Waals surface area contributed by atoms with Crippen molar-refractivity contribution in [3.8, 4) is 5.75 Å². The highest BCUT2D eigenvalue weighted by Crippen LogP contribution is 2.23. The van der Waals surface area contributed by atoms with Gasteiger partial charge in [0.2, 0.25) is 0 Å². The monoisotopic (exact) mass is 335 g/mol. The summed E-state index contributed by atoms with van der Waals surface area (Å²) in [5, 5.41) is 5.45. The molecule has 0 saturated heterocycles. The van der Waals surface area contributed by atoms with Gasteiger partial charge in [-0.2, -0.15) is 0 Å². The molecule has 128 valence electrons. The summed E-state index contributed by atoms with van der Waals surface area (Å²) in [5.74, 6) is 0.315. The number of benzene rings is 1. The van der Waals surface area contributed by atoms with Crippen LogP contribution >= 0.6 is 0 Å². The Morgan fingerprint density at radius 1 is 1.25 bits per heavy atom. The zero-order chi connectivity index (χ0) is 17.5. The van der Waals surface area contributed by atoms with Crippen LogP contribution in [0.3, 0.4) is 0 Å². The third kappa shape index (κ3) is 5.19. The highest BCUT2D eigenvalue weighted by Gasteiger charge is 2.11. The summed E-state index contributed by atoms with van der Waals surface area (Å²) in [6.07, 6.45) is 0.751. The van der Waals surface area contributed by atoms with Gasteiger partial charge in [0.25, 0.3) is 6.43 Å². The number of pyridine rings is 1. The molecule has 0 fully saturated rings. The van der Waals surface area contributed by atoms with Gasteiger partial charge >= 0.3 is 6.03 Å². The molecule has 0 saturated carbocycles. The number of hydrogen-bond donors (Lipinski definition) is 2. The number of aryl methyl sites for hydroxylation is 1. The van der Waals surface area contributed by atoms with Crippen LogP contribution in [-0.2, 0) is 0 Å². The minimum Gasteiger partial charge on any atom is -0.487 e. The summed E-state index contributed by atoms with van der Waals surface area (Å²) >= 11 is 0. The van der Waals surface area contributed by atoms with Crippen LogP contribution in [0.4, 0.5) is 19.3 Å². The van der Waals surface area contributed by atoms with E-state index in [0.717, 1.165) is 5.56 Å². The van der Waals surface area contributed by atoms with Crippen LogP contribution in [0.15, 0.2) is 42.7 Å². The van der Waals surface area contributed by atoms with Crippen LogP contribution < -0.4 is 15.4 Å². The maximum Gasteiger partial charge on any atom is 0.319 e. The summed E-state index contributed by atoms with van der Waals surface area (Å²) in [7, 11) is 0. The molecule has 0 aliphatic carbocycles. The first-order valence-corrected chi connectivity index (χ1v) is 7.44. The van der Waals surface area contributed by atoms with E-state index in [9.17, 15) is 13.6 Å². The number of carbonyl (C=O) groups excluding carboxylic acids is 1. The smallest absolute Gasteiger partial charge is 0.319 e. The second kappa shape index (κ2) is 8.24. The number of amides is 2. The maximum atomic E-state index is 12.3. The van der Waals surface area contributed by atoms with Gasteiger partial charge in [-0.05, 0) is 43.2 Å². The van der Waals surface area contributed by atoms with Gasteiger partial charge in [0.1, 0.15) is 12.4 Å². The number of alkyl halides is 2. The first-order valence-electron chi connectivity index (χ1n) is 7.44. The van der Waals surface area contributed by atoms with Gasteiger partial charge in [-0.3, -0.25) is 4.98 Å². The number of urea groups is 1. The van der Waals surface area contributed by atoms with E-state index in [1.165, 1.54) is 6.07 Å². The lowest BCUT2D eigenvalue weighted by Crippen LogP contribution is -2.31. The van der Waals surface area contributed by atoms with Crippen molar-refractivity contribution in [1.29, 1.82) is 0 Å². The average Bonchev–Trinajstić information content (AvgIpc) is 2.56. The molecule has 0 aliphatic heterocycles. The van der Waals surface area contributed by atoms with Crippen molar-refractivity contribution < 1.29 is 18.3 Å². The van der Waals surface area contributed by atoms with E-state index >= 15 is 0 Å². The van der Waals surface area contributed by atoms with Crippen LogP contribution in [0, 0.1) is 6.92 Å². The van der Waals surface area contributed by atoms with Crippen molar-refractivity contribution in [3.05, 3.63) is 53.9 Å². The van der Waals surface area contributed by atoms with Crippen molar-refractivity contribution in [2.45, 2.75) is 26.3 Å². The fraction of sp³-hybridized carbons (Fsp3) is 0.294. The lowest BCUT2D eigenvalue weighted by molar-refractivity contribution is 0.0816. The predicted molar refractivity (Wildman–Crippen MR) is 87.5 cm³/mol. The van der Waals surface area contributed by atoms with Crippen LogP contribution in [-0.4, -0.2) is 24.0 Å². The van der Waals surface area contributed by atoms with Gasteiger partial charge in [0.15, 0.2) is 0 Å². The zero-order valence-electron chi connectivity index (χ0n) is 13.4. The number of nitrogens with zero attached hydrogens (tertiary/aromatic N) is 1. The second-order valence-corrected chi connectivity index (χ2v) is 5.28. The molecule has 2 amide bonds. The van der Waals surface area contributed by atoms with Crippen LogP contribution in [0.25, 0.3) is 0 Å². The first-order chi connectivity index (χ1) is 11.5. The molecular formula is C17H19F2N3O2. The fourth-order valence-corrected chi connectivity index (χ4v) is 2.09. The Bertz CT molecular complexity index is 681. The van der Waals surface area contributed by atoms with E-state index in [-0.39, 0.29) is 6.04 Å². The molecule has 1 heterocycles. The first kappa shape index (κ1) is 17.7. The number of hydrogen-bond acceptors (Lipinski definition) is 3. The number of aromatic nitrogens is 1. The molecule has 2 rings (SSSR count). The lowest BCUT2D eigenvalue weighted by Gasteiger charge is -2.16. The molecule has 2 aromatic rings. The van der Waals surface area contributed by atoms with Crippen molar-refractivity contribution in [3.63, 3.8) is 0 Å². The molecule has 24 heavy (non-hydrogen) atoms. The Hall–Kier alpha value is -2.70. The van der Waals surface area contributed by atoms with E-state index < -0.39 is 19.1 Å². The lowest BCUT2D eigenvalue weighted by atomic mass is 10.1. The Morgan fingerprint density at radius 2 is 1.96 bits per heavy atom. The number of halogens is 2. The van der Waals surface area contributed by atoms with Crippen LogP contribution in [0.5, 0.6) is 5.75 Å². The molecule has 5 nitrogen and oxygen atoms in total. The molecule has 1 aromatic heterocycles. The Kier molecular flexibility index (Phi) is 6.06. The minimum absolute atomic E-state index is 0.201. The summed E-state index contributed by atoms with van der Waals surface area (Å²) in [6.45, 7) is 2.91. The van der Waals surface area contributed by atoms with Crippen molar-refractivity contribution in [2.24, 2.45) is 0 Å². The van der Waals surface area contributed by atoms with Gasteiger partial charge in [-0.25, -0.2) is 13.6 Å². The summed E-state index contributed by atoms with van der Waals surface area (Å²) in [5.41, 5.74) is 2.10. The molecule has 0 radical (unpaired) electrons. The normalized spacial score (nSPS) is 11.9. The van der Waals surface area contributed by atoms with E-state index in [4.69, 9.17) is 4.74 Å². The van der Waals surface area contributed by atoms with Gasteiger partial charge in [-0.1, -0.05) is 6.07 Å². The standard InChI is InChI=1S/C17H19F2N3O2/c1-11-3-4-14(9-15(11)24-10-16(18)19)22-17(23)21-12(2)13-5-7-20-8-6-13/h3-9,12,16H,10H2,1-2H3,(H2,21,22,23)/t12-/m1/s1. The second-order valence-electron chi connectivity index (χ2n) is 5.28. The third-order valence-electron chi connectivity index (χ3n) is 3.36. The van der Waals surface area contributed by atoms with Gasteiger partial charge in [0.05, 0.1) is 6.04 Å². The quantitative estimate of drug-likeness (QED) is 0.841. The zero-order valence-corrected chi connectivity index (χ0v) is 13.4. The summed E-state index contributed by atoms with van der Waals surface area (Å²) in [4.78, 5) is 16.0. The Balaban J connectivity index is 1.97. The molecule has 7 heteroatoms. The largest absolute Gasteiger partial charge is 0.487 e. The highest BCUT2D eigenvalue weighted by molar-refractivity contribution is 5.89. The number of rotatable bonds is 6. The fourth-order valence-electron chi connectivity index (χ4n) is 2.09. The maximum absolute atomic E-state index is 12.3. The number of anilines is 1. The van der Waals surface area contributed by atoms with Crippen molar-refractivity contribution >= 4 is 11.7 Å². The highest BCUT2D eigenvalue weighted by atomic mass is 19.3. The average molecular weight is 335 g/mol. The number of ether oxygens (including phenoxy) is 1. The Labute approximate surface area is 139 Å². The third-order valence-corrected chi connectivity index (χ3v) is 3.36. The predicted octanol–water partition coefficient (Wildman–Crippen LogP) is 3.92. The molecule has 0 unspecified atom stereocenters. The van der Waals surface area contributed by atoms with E-state index in [1.54, 1.807) is 31.5 Å². The molecule has 1 atom stereocenters. The van der Waals surface area contributed by atoms with E-state index in [1.807, 2.05) is 19.1 Å². The van der Waals surface area contributed by atoms with Gasteiger partial charge < -0.3 is 15.4 Å². The molecule has 0 aliphatic rings. The SMILES string of the molecule is Cc1ccc(NC(=O)N[C@H](C)c2ccncc2)cc1OCC(F)F. The molecule has 2 N–H and O–H groups in total. The van der Waals surface area contributed by atoms with Gasteiger partial charge in [0, 0.05) is 24.1 Å². The number of carbonyl (C=O) groups is 1. The summed E-state index contributed by atoms with van der Waals surface area (Å²) < 4.78 is 29.6. The van der Waals surface area contributed by atoms with Crippen molar-refractivity contribution in [2.75, 3.05) is 11.9 Å².